The molecule has 0 aromatic carbocycles. The van der Waals surface area contributed by atoms with Crippen LogP contribution in [0.15, 0.2) is 16.3 Å². The molecule has 0 amide bonds. The molecule has 3 nitrogen and oxygen atoms in total. The minimum absolute atomic E-state index is 0.557. The van der Waals surface area contributed by atoms with Crippen molar-refractivity contribution in [3.63, 3.8) is 0 Å². The Balaban J connectivity index is 2.68. The van der Waals surface area contributed by atoms with Crippen molar-refractivity contribution in [3.8, 4) is 0 Å². The second kappa shape index (κ2) is 3.37. The van der Waals surface area contributed by atoms with Gasteiger partial charge in [-0.3, -0.25) is 4.99 Å². The number of nitrogens with two attached hydrogens (primary N) is 1. The zero-order valence-electron chi connectivity index (χ0n) is 6.13. The highest BCUT2D eigenvalue weighted by atomic mass is 16.5. The summed E-state index contributed by atoms with van der Waals surface area (Å²) in [7, 11) is 1.75. The van der Waals surface area contributed by atoms with Crippen molar-refractivity contribution in [2.24, 2.45) is 10.7 Å². The van der Waals surface area contributed by atoms with E-state index in [4.69, 9.17) is 10.5 Å². The Hall–Kier alpha value is -0.830. The molecular weight excluding hydrogens is 128 g/mol. The first-order valence-electron chi connectivity index (χ1n) is 3.32. The Morgan fingerprint density at radius 3 is 3.10 bits per heavy atom. The lowest BCUT2D eigenvalue weighted by atomic mass is 10.1. The largest absolute Gasteiger partial charge is 0.400 e. The van der Waals surface area contributed by atoms with Crippen LogP contribution < -0.4 is 5.73 Å². The lowest BCUT2D eigenvalue weighted by Crippen LogP contribution is -2.17. The maximum Gasteiger partial charge on any atom is 0.0863 e. The topological polar surface area (TPSA) is 47.6 Å². The summed E-state index contributed by atoms with van der Waals surface area (Å²) in [5, 5.41) is 0. The minimum Gasteiger partial charge on any atom is -0.400 e. The molecule has 0 saturated carbocycles. The first-order valence-corrected chi connectivity index (χ1v) is 3.32. The molecule has 2 N–H and O–H groups in total. The van der Waals surface area contributed by atoms with Crippen LogP contribution in [0.5, 0.6) is 0 Å². The van der Waals surface area contributed by atoms with Crippen LogP contribution in [0.4, 0.5) is 0 Å². The molecule has 3 heteroatoms. The highest BCUT2D eigenvalue weighted by Gasteiger charge is 2.06. The fourth-order valence-electron chi connectivity index (χ4n) is 0.921. The molecule has 0 spiro atoms. The molecule has 0 fully saturated rings. The van der Waals surface area contributed by atoms with E-state index in [0.29, 0.717) is 6.61 Å². The molecule has 0 bridgehead atoms. The van der Waals surface area contributed by atoms with E-state index < -0.39 is 0 Å². The summed E-state index contributed by atoms with van der Waals surface area (Å²) in [5.74, 6) is 0. The molecular formula is C7H12N2O. The second-order valence-corrected chi connectivity index (χ2v) is 2.24. The molecule has 0 saturated heterocycles. The van der Waals surface area contributed by atoms with E-state index in [1.54, 1.807) is 13.3 Å². The molecule has 56 valence electrons. The average molecular weight is 140 g/mol. The molecule has 0 aliphatic carbocycles. The van der Waals surface area contributed by atoms with Crippen LogP contribution in [0.1, 0.15) is 6.42 Å². The maximum atomic E-state index is 5.63. The Labute approximate surface area is 60.6 Å². The van der Waals surface area contributed by atoms with Gasteiger partial charge in [-0.05, 0) is 12.0 Å². The third-order valence-corrected chi connectivity index (χ3v) is 1.47. The summed E-state index contributed by atoms with van der Waals surface area (Å²) >= 11 is 0. The van der Waals surface area contributed by atoms with Gasteiger partial charge in [0, 0.05) is 19.0 Å². The standard InChI is InChI=1S/C7H12N2O/c1-9-4-6-2-3-10-5-7(6)8/h4H,2-3,5,8H2,1H3. The number of rotatable bonds is 1. The molecule has 0 aromatic rings. The van der Waals surface area contributed by atoms with E-state index in [9.17, 15) is 0 Å². The van der Waals surface area contributed by atoms with Gasteiger partial charge < -0.3 is 10.5 Å². The summed E-state index contributed by atoms with van der Waals surface area (Å²) in [6.45, 7) is 1.32. The lowest BCUT2D eigenvalue weighted by molar-refractivity contribution is 0.147. The van der Waals surface area contributed by atoms with Gasteiger partial charge in [-0.25, -0.2) is 0 Å². The SMILES string of the molecule is CN=CC1=C(N)COCC1. The first kappa shape index (κ1) is 7.28. The van der Waals surface area contributed by atoms with Crippen molar-refractivity contribution in [1.82, 2.24) is 0 Å². The van der Waals surface area contributed by atoms with E-state index in [1.807, 2.05) is 0 Å². The van der Waals surface area contributed by atoms with Gasteiger partial charge in [-0.1, -0.05) is 0 Å². The molecule has 0 atom stereocenters. The van der Waals surface area contributed by atoms with Crippen molar-refractivity contribution in [3.05, 3.63) is 11.3 Å². The molecule has 0 radical (unpaired) electrons. The van der Waals surface area contributed by atoms with Gasteiger partial charge in [0.2, 0.25) is 0 Å². The number of hydrogen-bond acceptors (Lipinski definition) is 3. The Morgan fingerprint density at radius 1 is 1.70 bits per heavy atom. The summed E-state index contributed by atoms with van der Waals surface area (Å²) in [5.41, 5.74) is 7.56. The van der Waals surface area contributed by atoms with Crippen LogP contribution in [-0.4, -0.2) is 26.5 Å². The van der Waals surface area contributed by atoms with Crippen molar-refractivity contribution in [2.75, 3.05) is 20.3 Å². The van der Waals surface area contributed by atoms with Gasteiger partial charge in [0.1, 0.15) is 0 Å². The zero-order valence-corrected chi connectivity index (χ0v) is 6.13. The fourth-order valence-corrected chi connectivity index (χ4v) is 0.921. The quantitative estimate of drug-likeness (QED) is 0.533. The predicted octanol–water partition coefficient (Wildman–Crippen LogP) is 0.320. The monoisotopic (exact) mass is 140 g/mol. The van der Waals surface area contributed by atoms with Crippen LogP contribution in [0.25, 0.3) is 0 Å². The van der Waals surface area contributed by atoms with E-state index in [2.05, 4.69) is 4.99 Å². The van der Waals surface area contributed by atoms with Crippen molar-refractivity contribution < 1.29 is 4.74 Å². The van der Waals surface area contributed by atoms with Crippen molar-refractivity contribution in [2.45, 2.75) is 6.42 Å². The Kier molecular flexibility index (Phi) is 2.45. The van der Waals surface area contributed by atoms with Gasteiger partial charge in [0.15, 0.2) is 0 Å². The first-order chi connectivity index (χ1) is 4.84. The molecule has 1 rings (SSSR count). The smallest absolute Gasteiger partial charge is 0.0863 e. The summed E-state index contributed by atoms with van der Waals surface area (Å²) in [6, 6.07) is 0. The van der Waals surface area contributed by atoms with E-state index in [1.165, 1.54) is 0 Å². The highest BCUT2D eigenvalue weighted by molar-refractivity contribution is 5.79. The maximum absolute atomic E-state index is 5.63. The Morgan fingerprint density at radius 2 is 2.50 bits per heavy atom. The van der Waals surface area contributed by atoms with Crippen LogP contribution in [0.3, 0.4) is 0 Å². The zero-order chi connectivity index (χ0) is 7.40. The van der Waals surface area contributed by atoms with E-state index >= 15 is 0 Å². The third kappa shape index (κ3) is 1.57. The summed E-state index contributed by atoms with van der Waals surface area (Å²) < 4.78 is 5.11. The normalized spacial score (nSPS) is 20.5. The molecule has 0 unspecified atom stereocenters. The molecule has 1 aliphatic heterocycles. The average Bonchev–Trinajstić information content (AvgIpc) is 1.94. The van der Waals surface area contributed by atoms with Crippen LogP contribution in [0, 0.1) is 0 Å². The lowest BCUT2D eigenvalue weighted by Gasteiger charge is -2.14. The van der Waals surface area contributed by atoms with E-state index in [-0.39, 0.29) is 0 Å². The van der Waals surface area contributed by atoms with Gasteiger partial charge in [0.05, 0.1) is 13.2 Å². The second-order valence-electron chi connectivity index (χ2n) is 2.24. The van der Waals surface area contributed by atoms with E-state index in [0.717, 1.165) is 24.3 Å². The van der Waals surface area contributed by atoms with Gasteiger partial charge in [-0.2, -0.15) is 0 Å². The number of aliphatic imine (C=N–C) groups is 1. The third-order valence-electron chi connectivity index (χ3n) is 1.47. The fraction of sp³-hybridized carbons (Fsp3) is 0.571. The molecule has 1 heterocycles. The molecule has 1 aliphatic rings. The van der Waals surface area contributed by atoms with Gasteiger partial charge >= 0.3 is 0 Å². The van der Waals surface area contributed by atoms with Crippen LogP contribution >= 0.6 is 0 Å². The summed E-state index contributed by atoms with van der Waals surface area (Å²) in [4.78, 5) is 3.89. The van der Waals surface area contributed by atoms with Crippen LogP contribution in [0.2, 0.25) is 0 Å². The van der Waals surface area contributed by atoms with Gasteiger partial charge in [-0.15, -0.1) is 0 Å². The van der Waals surface area contributed by atoms with Crippen LogP contribution in [-0.2, 0) is 4.74 Å². The molecule has 10 heavy (non-hydrogen) atoms. The highest BCUT2D eigenvalue weighted by Crippen LogP contribution is 2.08. The van der Waals surface area contributed by atoms with Crippen molar-refractivity contribution >= 4 is 6.21 Å². The van der Waals surface area contributed by atoms with Crippen molar-refractivity contribution in [1.29, 1.82) is 0 Å². The van der Waals surface area contributed by atoms with Gasteiger partial charge in [0.25, 0.3) is 0 Å². The minimum atomic E-state index is 0.557. The number of hydrogen-bond donors (Lipinski definition) is 1. The molecule has 0 aromatic heterocycles. The number of nitrogens with zero attached hydrogens (tertiary/aromatic N) is 1. The Bertz CT molecular complexity index is 172. The number of ether oxygens (including phenoxy) is 1. The predicted molar refractivity (Wildman–Crippen MR) is 41.1 cm³/mol. The summed E-state index contributed by atoms with van der Waals surface area (Å²) in [6.07, 6.45) is 2.70.